The summed E-state index contributed by atoms with van der Waals surface area (Å²) in [4.78, 5) is 14.5. The third-order valence-corrected chi connectivity index (χ3v) is 4.39. The van der Waals surface area contributed by atoms with Crippen molar-refractivity contribution in [2.24, 2.45) is 0 Å². The van der Waals surface area contributed by atoms with Crippen molar-refractivity contribution in [1.29, 1.82) is 0 Å². The van der Waals surface area contributed by atoms with E-state index in [1.54, 1.807) is 7.11 Å². The third kappa shape index (κ3) is 7.31. The first kappa shape index (κ1) is 20.8. The van der Waals surface area contributed by atoms with Crippen LogP contribution in [0.2, 0.25) is 0 Å². The second-order valence-electron chi connectivity index (χ2n) is 6.34. The van der Waals surface area contributed by atoms with Crippen LogP contribution in [0.3, 0.4) is 0 Å². The molecule has 0 aromatic heterocycles. The molecule has 0 fully saturated rings. The van der Waals surface area contributed by atoms with Gasteiger partial charge in [0.05, 0.1) is 13.7 Å². The maximum atomic E-state index is 12.2. The Morgan fingerprint density at radius 1 is 1.04 bits per heavy atom. The maximum Gasteiger partial charge on any atom is 0.224 e. The molecular formula is C22H30N2O3. The Morgan fingerprint density at radius 3 is 2.41 bits per heavy atom. The van der Waals surface area contributed by atoms with Crippen LogP contribution in [0.1, 0.15) is 32.3 Å². The van der Waals surface area contributed by atoms with Crippen LogP contribution in [-0.2, 0) is 11.3 Å². The minimum Gasteiger partial charge on any atom is -0.497 e. The molecule has 2 aromatic carbocycles. The molecule has 146 valence electrons. The molecule has 0 saturated heterocycles. The van der Waals surface area contributed by atoms with Gasteiger partial charge in [0, 0.05) is 18.7 Å². The summed E-state index contributed by atoms with van der Waals surface area (Å²) in [5.41, 5.74) is 2.06. The van der Waals surface area contributed by atoms with E-state index in [1.807, 2.05) is 42.5 Å². The standard InChI is InChI=1S/C22H30N2O3/c1-4-24(5-2)17-18-8-6-9-19(16-18)23-22(25)10-7-15-27-21-13-11-20(26-3)12-14-21/h6,8-9,11-14,16H,4-5,7,10,15,17H2,1-3H3,(H,23,25). The number of amides is 1. The quantitative estimate of drug-likeness (QED) is 0.598. The number of anilines is 1. The first-order chi connectivity index (χ1) is 13.1. The topological polar surface area (TPSA) is 50.8 Å². The number of benzene rings is 2. The van der Waals surface area contributed by atoms with Crippen molar-refractivity contribution in [2.75, 3.05) is 32.1 Å². The second-order valence-corrected chi connectivity index (χ2v) is 6.34. The van der Waals surface area contributed by atoms with Gasteiger partial charge in [-0.25, -0.2) is 0 Å². The van der Waals surface area contributed by atoms with Crippen LogP contribution >= 0.6 is 0 Å². The van der Waals surface area contributed by atoms with Gasteiger partial charge in [0.15, 0.2) is 0 Å². The largest absolute Gasteiger partial charge is 0.497 e. The van der Waals surface area contributed by atoms with Gasteiger partial charge >= 0.3 is 0 Å². The molecule has 0 heterocycles. The van der Waals surface area contributed by atoms with Crippen LogP contribution in [0.25, 0.3) is 0 Å². The molecule has 1 N–H and O–H groups in total. The highest BCUT2D eigenvalue weighted by atomic mass is 16.5. The number of hydrogen-bond donors (Lipinski definition) is 1. The number of nitrogens with zero attached hydrogens (tertiary/aromatic N) is 1. The summed E-state index contributed by atoms with van der Waals surface area (Å²) in [6.45, 7) is 7.74. The van der Waals surface area contributed by atoms with E-state index in [9.17, 15) is 4.79 Å². The summed E-state index contributed by atoms with van der Waals surface area (Å²) in [7, 11) is 1.63. The monoisotopic (exact) mass is 370 g/mol. The zero-order valence-corrected chi connectivity index (χ0v) is 16.5. The Morgan fingerprint density at radius 2 is 1.74 bits per heavy atom. The summed E-state index contributed by atoms with van der Waals surface area (Å²) in [5, 5.41) is 2.98. The molecule has 0 aliphatic carbocycles. The third-order valence-electron chi connectivity index (χ3n) is 4.39. The van der Waals surface area contributed by atoms with E-state index in [4.69, 9.17) is 9.47 Å². The van der Waals surface area contributed by atoms with Crippen LogP contribution in [0.4, 0.5) is 5.69 Å². The SMILES string of the molecule is CCN(CC)Cc1cccc(NC(=O)CCCOc2ccc(OC)cc2)c1. The van der Waals surface area contributed by atoms with Crippen molar-refractivity contribution >= 4 is 11.6 Å². The smallest absolute Gasteiger partial charge is 0.224 e. The minimum atomic E-state index is 0.00770. The number of carbonyl (C=O) groups excluding carboxylic acids is 1. The zero-order valence-electron chi connectivity index (χ0n) is 16.5. The van der Waals surface area contributed by atoms with Crippen molar-refractivity contribution in [3.05, 3.63) is 54.1 Å². The summed E-state index contributed by atoms with van der Waals surface area (Å²) < 4.78 is 10.8. The fraction of sp³-hybridized carbons (Fsp3) is 0.409. The molecule has 5 nitrogen and oxygen atoms in total. The van der Waals surface area contributed by atoms with Gasteiger partial charge in [0.1, 0.15) is 11.5 Å². The Labute approximate surface area is 162 Å². The Bertz CT molecular complexity index is 697. The van der Waals surface area contributed by atoms with E-state index in [-0.39, 0.29) is 5.91 Å². The normalized spacial score (nSPS) is 10.7. The molecular weight excluding hydrogens is 340 g/mol. The summed E-state index contributed by atoms with van der Waals surface area (Å²) in [6, 6.07) is 15.5. The van der Waals surface area contributed by atoms with Crippen LogP contribution in [0.15, 0.2) is 48.5 Å². The summed E-state index contributed by atoms with van der Waals surface area (Å²) >= 11 is 0. The van der Waals surface area contributed by atoms with Gasteiger partial charge in [0.2, 0.25) is 5.91 Å². The maximum absolute atomic E-state index is 12.2. The average molecular weight is 370 g/mol. The van der Waals surface area contributed by atoms with Crippen molar-refractivity contribution in [3.8, 4) is 11.5 Å². The van der Waals surface area contributed by atoms with Gasteiger partial charge in [-0.1, -0.05) is 26.0 Å². The highest BCUT2D eigenvalue weighted by molar-refractivity contribution is 5.90. The van der Waals surface area contributed by atoms with Crippen LogP contribution in [0.5, 0.6) is 11.5 Å². The fourth-order valence-corrected chi connectivity index (χ4v) is 2.77. The predicted octanol–water partition coefficient (Wildman–Crippen LogP) is 4.33. The number of nitrogens with one attached hydrogen (secondary N) is 1. The number of methoxy groups -OCH3 is 1. The van der Waals surface area contributed by atoms with Crippen molar-refractivity contribution in [3.63, 3.8) is 0 Å². The minimum absolute atomic E-state index is 0.00770. The van der Waals surface area contributed by atoms with Crippen molar-refractivity contribution in [1.82, 2.24) is 4.90 Å². The number of rotatable bonds is 11. The first-order valence-corrected chi connectivity index (χ1v) is 9.52. The van der Waals surface area contributed by atoms with Gasteiger partial charge in [-0.05, 0) is 61.5 Å². The molecule has 0 spiro atoms. The molecule has 0 aliphatic rings. The molecule has 0 saturated carbocycles. The second kappa shape index (κ2) is 11.2. The lowest BCUT2D eigenvalue weighted by Gasteiger charge is -2.18. The first-order valence-electron chi connectivity index (χ1n) is 9.52. The summed E-state index contributed by atoms with van der Waals surface area (Å²) in [6.07, 6.45) is 1.09. The van der Waals surface area contributed by atoms with Crippen LogP contribution in [0, 0.1) is 0 Å². The molecule has 5 heteroatoms. The van der Waals surface area contributed by atoms with E-state index >= 15 is 0 Å². The molecule has 0 radical (unpaired) electrons. The average Bonchev–Trinajstić information content (AvgIpc) is 2.70. The lowest BCUT2D eigenvalue weighted by Crippen LogP contribution is -2.22. The molecule has 0 aliphatic heterocycles. The molecule has 0 unspecified atom stereocenters. The highest BCUT2D eigenvalue weighted by Gasteiger charge is 2.05. The van der Waals surface area contributed by atoms with Gasteiger partial charge in [-0.3, -0.25) is 9.69 Å². The molecule has 0 atom stereocenters. The van der Waals surface area contributed by atoms with E-state index in [1.165, 1.54) is 5.56 Å². The molecule has 0 bridgehead atoms. The Kier molecular flexibility index (Phi) is 8.65. The van der Waals surface area contributed by atoms with Gasteiger partial charge in [-0.15, -0.1) is 0 Å². The fourth-order valence-electron chi connectivity index (χ4n) is 2.77. The van der Waals surface area contributed by atoms with Crippen molar-refractivity contribution < 1.29 is 14.3 Å². The van der Waals surface area contributed by atoms with Gasteiger partial charge < -0.3 is 14.8 Å². The van der Waals surface area contributed by atoms with E-state index in [0.29, 0.717) is 19.4 Å². The Hall–Kier alpha value is -2.53. The molecule has 27 heavy (non-hydrogen) atoms. The highest BCUT2D eigenvalue weighted by Crippen LogP contribution is 2.17. The van der Waals surface area contributed by atoms with Gasteiger partial charge in [0.25, 0.3) is 0 Å². The van der Waals surface area contributed by atoms with E-state index in [0.717, 1.165) is 36.8 Å². The van der Waals surface area contributed by atoms with Gasteiger partial charge in [-0.2, -0.15) is 0 Å². The van der Waals surface area contributed by atoms with Crippen molar-refractivity contribution in [2.45, 2.75) is 33.2 Å². The van der Waals surface area contributed by atoms with Crippen LogP contribution < -0.4 is 14.8 Å². The van der Waals surface area contributed by atoms with E-state index < -0.39 is 0 Å². The Balaban J connectivity index is 1.73. The lowest BCUT2D eigenvalue weighted by molar-refractivity contribution is -0.116. The molecule has 2 rings (SSSR count). The number of ether oxygens (including phenoxy) is 2. The predicted molar refractivity (Wildman–Crippen MR) is 109 cm³/mol. The summed E-state index contributed by atoms with van der Waals surface area (Å²) in [5.74, 6) is 1.58. The molecule has 2 aromatic rings. The zero-order chi connectivity index (χ0) is 19.5. The number of hydrogen-bond acceptors (Lipinski definition) is 4. The van der Waals surface area contributed by atoms with Crippen LogP contribution in [-0.4, -0.2) is 37.6 Å². The number of carbonyl (C=O) groups is 1. The van der Waals surface area contributed by atoms with E-state index in [2.05, 4.69) is 30.1 Å². The lowest BCUT2D eigenvalue weighted by atomic mass is 10.2. The molecule has 1 amide bonds.